The Balaban J connectivity index is 1.43. The van der Waals surface area contributed by atoms with Crippen molar-refractivity contribution in [2.75, 3.05) is 20.3 Å². The highest BCUT2D eigenvalue weighted by molar-refractivity contribution is 6.00. The number of carbonyl (C=O) groups excluding carboxylic acids is 2. The molecule has 246 valence electrons. The standard InChI is InChI=1S/C32H26F6N4O5/c1-46-22-10-17(8-16-9-18(27(34)35)12-40-24(16)22)28(43)41-13-31(45,32(36,37)38)23-11-21-26(25(42-23)15-2-6-20(33)7-3-15)47-14-30(21,29(39)44)19-4-5-19/h2-3,6-12,19,27,45H,4-5,13-14H2,1H3,(H2,39,44)(H,41,43)/t30-,31?/m1/s1. The third kappa shape index (κ3) is 5.37. The largest absolute Gasteiger partial charge is 0.494 e. The van der Waals surface area contributed by atoms with Crippen molar-refractivity contribution in [3.63, 3.8) is 0 Å². The van der Waals surface area contributed by atoms with Gasteiger partial charge in [0.25, 0.3) is 12.3 Å². The van der Waals surface area contributed by atoms with Crippen molar-refractivity contribution in [1.29, 1.82) is 0 Å². The summed E-state index contributed by atoms with van der Waals surface area (Å²) in [5, 5.41) is 13.5. The first-order valence-corrected chi connectivity index (χ1v) is 14.3. The van der Waals surface area contributed by atoms with E-state index in [1.807, 2.05) is 0 Å². The number of pyridine rings is 2. The molecule has 1 aliphatic carbocycles. The van der Waals surface area contributed by atoms with Crippen LogP contribution in [-0.2, 0) is 15.8 Å². The summed E-state index contributed by atoms with van der Waals surface area (Å²) < 4.78 is 95.9. The van der Waals surface area contributed by atoms with Gasteiger partial charge in [0.05, 0.1) is 19.3 Å². The predicted molar refractivity (Wildman–Crippen MR) is 154 cm³/mol. The number of primary amides is 1. The van der Waals surface area contributed by atoms with Crippen LogP contribution in [-0.4, -0.2) is 53.3 Å². The Bertz CT molecular complexity index is 1900. The zero-order valence-corrected chi connectivity index (χ0v) is 24.5. The smallest absolute Gasteiger partial charge is 0.424 e. The maximum Gasteiger partial charge on any atom is 0.424 e. The summed E-state index contributed by atoms with van der Waals surface area (Å²) in [6.45, 7) is -1.72. The van der Waals surface area contributed by atoms with E-state index in [4.69, 9.17) is 15.2 Å². The SMILES string of the molecule is COc1cc(C(=O)NCC(O)(c2cc3c(c(-c4ccc(F)cc4)n2)OC[C@@]3(C(N)=O)C2CC2)C(F)(F)F)cc2cc(C(F)F)cnc12. The second-order valence-corrected chi connectivity index (χ2v) is 11.5. The summed E-state index contributed by atoms with van der Waals surface area (Å²) in [5.74, 6) is -2.94. The molecule has 15 heteroatoms. The van der Waals surface area contributed by atoms with Crippen LogP contribution in [0.4, 0.5) is 26.3 Å². The second kappa shape index (κ2) is 11.4. The van der Waals surface area contributed by atoms with Gasteiger partial charge in [-0.3, -0.25) is 14.6 Å². The fraction of sp³-hybridized carbons (Fsp3) is 0.312. The number of aliphatic hydroxyl groups is 1. The van der Waals surface area contributed by atoms with Gasteiger partial charge in [0.2, 0.25) is 11.5 Å². The number of hydrogen-bond donors (Lipinski definition) is 3. The molecular formula is C32H26F6N4O5. The van der Waals surface area contributed by atoms with Crippen molar-refractivity contribution in [1.82, 2.24) is 15.3 Å². The van der Waals surface area contributed by atoms with E-state index in [0.717, 1.165) is 42.6 Å². The van der Waals surface area contributed by atoms with Crippen LogP contribution in [0.5, 0.6) is 11.5 Å². The highest BCUT2D eigenvalue weighted by Gasteiger charge is 2.60. The topological polar surface area (TPSA) is 137 Å². The Morgan fingerprint density at radius 1 is 1.15 bits per heavy atom. The van der Waals surface area contributed by atoms with E-state index in [1.165, 1.54) is 19.2 Å². The molecule has 0 radical (unpaired) electrons. The zero-order valence-electron chi connectivity index (χ0n) is 24.5. The molecule has 1 aliphatic heterocycles. The minimum absolute atomic E-state index is 0.00701. The first kappa shape index (κ1) is 32.0. The first-order chi connectivity index (χ1) is 22.2. The van der Waals surface area contributed by atoms with Crippen LogP contribution in [0, 0.1) is 11.7 Å². The Hall–Kier alpha value is -4.92. The van der Waals surface area contributed by atoms with Crippen molar-refractivity contribution in [2.24, 2.45) is 11.7 Å². The Labute approximate surface area is 262 Å². The second-order valence-electron chi connectivity index (χ2n) is 11.5. The van der Waals surface area contributed by atoms with Gasteiger partial charge in [-0.1, -0.05) is 0 Å². The Morgan fingerprint density at radius 2 is 1.85 bits per heavy atom. The molecule has 6 rings (SSSR count). The van der Waals surface area contributed by atoms with Crippen molar-refractivity contribution in [2.45, 2.75) is 36.5 Å². The van der Waals surface area contributed by atoms with Gasteiger partial charge in [-0.2, -0.15) is 13.2 Å². The van der Waals surface area contributed by atoms with E-state index < -0.39 is 59.1 Å². The number of hydrogen-bond acceptors (Lipinski definition) is 7. The van der Waals surface area contributed by atoms with Gasteiger partial charge in [-0.15, -0.1) is 0 Å². The summed E-state index contributed by atoms with van der Waals surface area (Å²) in [6.07, 6.45) is -6.27. The van der Waals surface area contributed by atoms with Crippen LogP contribution in [0.1, 0.15) is 46.4 Å². The monoisotopic (exact) mass is 660 g/mol. The summed E-state index contributed by atoms with van der Waals surface area (Å²) in [6, 6.07) is 8.90. The average molecular weight is 661 g/mol. The molecular weight excluding hydrogens is 634 g/mol. The molecule has 2 aromatic carbocycles. The minimum atomic E-state index is -5.44. The first-order valence-electron chi connectivity index (χ1n) is 14.3. The number of methoxy groups -OCH3 is 1. The molecule has 1 fully saturated rings. The number of nitrogens with one attached hydrogen (secondary N) is 1. The number of carbonyl (C=O) groups is 2. The molecule has 1 saturated carbocycles. The summed E-state index contributed by atoms with van der Waals surface area (Å²) in [4.78, 5) is 34.1. The van der Waals surface area contributed by atoms with Crippen LogP contribution >= 0.6 is 0 Å². The molecule has 9 nitrogen and oxygen atoms in total. The molecule has 0 saturated heterocycles. The predicted octanol–water partition coefficient (Wildman–Crippen LogP) is 5.09. The number of benzene rings is 2. The molecule has 2 atom stereocenters. The number of rotatable bonds is 9. The summed E-state index contributed by atoms with van der Waals surface area (Å²) in [7, 11) is 1.23. The number of aromatic nitrogens is 2. The number of halogens is 6. The minimum Gasteiger partial charge on any atom is -0.494 e. The molecule has 4 N–H and O–H groups in total. The van der Waals surface area contributed by atoms with Gasteiger partial charge in [0, 0.05) is 33.8 Å². The van der Waals surface area contributed by atoms with Crippen molar-refractivity contribution >= 4 is 22.7 Å². The molecule has 3 heterocycles. The number of alkyl halides is 5. The number of fused-ring (bicyclic) bond motifs is 2. The molecule has 4 aromatic rings. The van der Waals surface area contributed by atoms with E-state index in [-0.39, 0.29) is 57.3 Å². The van der Waals surface area contributed by atoms with E-state index in [9.17, 15) is 41.0 Å². The Kier molecular flexibility index (Phi) is 7.77. The average Bonchev–Trinajstić information content (AvgIpc) is 3.81. The number of amides is 2. The van der Waals surface area contributed by atoms with E-state index >= 15 is 0 Å². The summed E-state index contributed by atoms with van der Waals surface area (Å²) in [5.41, 5.74) is -1.16. The number of nitrogens with two attached hydrogens (primary N) is 1. The van der Waals surface area contributed by atoms with Crippen LogP contribution in [0.15, 0.2) is 54.7 Å². The summed E-state index contributed by atoms with van der Waals surface area (Å²) >= 11 is 0. The quantitative estimate of drug-likeness (QED) is 0.213. The van der Waals surface area contributed by atoms with Gasteiger partial charge < -0.3 is 25.6 Å². The van der Waals surface area contributed by atoms with Crippen molar-refractivity contribution < 1.29 is 50.5 Å². The molecule has 2 aliphatic rings. The maximum atomic E-state index is 14.8. The van der Waals surface area contributed by atoms with Crippen LogP contribution < -0.4 is 20.5 Å². The third-order valence-electron chi connectivity index (χ3n) is 8.63. The van der Waals surface area contributed by atoms with Crippen molar-refractivity contribution in [3.05, 3.63) is 82.9 Å². The van der Waals surface area contributed by atoms with Gasteiger partial charge in [-0.25, -0.2) is 18.2 Å². The third-order valence-corrected chi connectivity index (χ3v) is 8.63. The van der Waals surface area contributed by atoms with E-state index in [0.29, 0.717) is 12.8 Å². The normalized spacial score (nSPS) is 18.8. The van der Waals surface area contributed by atoms with Crippen LogP contribution in [0.2, 0.25) is 0 Å². The van der Waals surface area contributed by atoms with Crippen LogP contribution in [0.3, 0.4) is 0 Å². The van der Waals surface area contributed by atoms with E-state index in [1.54, 1.807) is 0 Å². The fourth-order valence-electron chi connectivity index (χ4n) is 5.89. The lowest BCUT2D eigenvalue weighted by molar-refractivity contribution is -0.265. The van der Waals surface area contributed by atoms with Crippen molar-refractivity contribution in [3.8, 4) is 22.8 Å². The number of ether oxygens (including phenoxy) is 2. The highest BCUT2D eigenvalue weighted by atomic mass is 19.4. The van der Waals surface area contributed by atoms with E-state index in [2.05, 4.69) is 15.3 Å². The lowest BCUT2D eigenvalue weighted by Gasteiger charge is -2.32. The fourth-order valence-corrected chi connectivity index (χ4v) is 5.89. The number of nitrogens with zero attached hydrogens (tertiary/aromatic N) is 2. The molecule has 2 amide bonds. The molecule has 47 heavy (non-hydrogen) atoms. The van der Waals surface area contributed by atoms with Gasteiger partial charge in [0.1, 0.15) is 40.5 Å². The van der Waals surface area contributed by atoms with Gasteiger partial charge in [0.15, 0.2) is 0 Å². The highest BCUT2D eigenvalue weighted by Crippen LogP contribution is 2.56. The molecule has 0 bridgehead atoms. The maximum absolute atomic E-state index is 14.8. The Morgan fingerprint density at radius 3 is 2.45 bits per heavy atom. The van der Waals surface area contributed by atoms with Crippen LogP contribution in [0.25, 0.3) is 22.2 Å². The van der Waals surface area contributed by atoms with Gasteiger partial charge in [-0.05, 0) is 67.3 Å². The molecule has 2 aromatic heterocycles. The molecule has 1 unspecified atom stereocenters. The van der Waals surface area contributed by atoms with Gasteiger partial charge >= 0.3 is 6.18 Å². The lowest BCUT2D eigenvalue weighted by atomic mass is 9.76. The zero-order chi connectivity index (χ0) is 33.9. The lowest BCUT2D eigenvalue weighted by Crippen LogP contribution is -2.52. The molecule has 0 spiro atoms.